The molecule has 2 aromatic carbocycles. The van der Waals surface area contributed by atoms with Crippen LogP contribution in [0.4, 0.5) is 5.69 Å². The van der Waals surface area contributed by atoms with Crippen LogP contribution in [0.15, 0.2) is 58.8 Å². The lowest BCUT2D eigenvalue weighted by Gasteiger charge is -2.00. The minimum absolute atomic E-state index is 0.0227. The van der Waals surface area contributed by atoms with Crippen molar-refractivity contribution in [2.75, 3.05) is 0 Å². The molecule has 1 N–H and O–H groups in total. The highest BCUT2D eigenvalue weighted by molar-refractivity contribution is 5.97. The molecule has 23 heavy (non-hydrogen) atoms. The molecule has 0 bridgehead atoms. The second kappa shape index (κ2) is 6.04. The zero-order valence-corrected chi connectivity index (χ0v) is 13.0. The van der Waals surface area contributed by atoms with Gasteiger partial charge in [-0.1, -0.05) is 35.9 Å². The first-order valence-corrected chi connectivity index (χ1v) is 7.44. The van der Waals surface area contributed by atoms with Crippen molar-refractivity contribution in [3.8, 4) is 5.88 Å². The molecule has 1 heterocycles. The Kier molecular flexibility index (Phi) is 3.93. The Morgan fingerprint density at radius 2 is 1.96 bits per heavy atom. The summed E-state index contributed by atoms with van der Waals surface area (Å²) >= 11 is 0. The highest BCUT2D eigenvalue weighted by Crippen LogP contribution is 2.38. The second-order valence-electron chi connectivity index (χ2n) is 5.31. The number of amides is 1. The first-order chi connectivity index (χ1) is 11.1. The van der Waals surface area contributed by atoms with Gasteiger partial charge in [-0.05, 0) is 32.0 Å². The second-order valence-corrected chi connectivity index (χ2v) is 5.31. The molecule has 0 saturated carbocycles. The Morgan fingerprint density at radius 3 is 2.70 bits per heavy atom. The smallest absolute Gasteiger partial charge is 0.295 e. The van der Waals surface area contributed by atoms with Crippen LogP contribution in [-0.4, -0.2) is 15.6 Å². The molecule has 0 atom stereocenters. The van der Waals surface area contributed by atoms with Crippen molar-refractivity contribution in [2.45, 2.75) is 20.4 Å². The van der Waals surface area contributed by atoms with Crippen molar-refractivity contribution in [1.29, 1.82) is 0 Å². The van der Waals surface area contributed by atoms with Crippen LogP contribution in [0.3, 0.4) is 0 Å². The fourth-order valence-corrected chi connectivity index (χ4v) is 2.62. The van der Waals surface area contributed by atoms with E-state index in [1.807, 2.05) is 44.2 Å². The highest BCUT2D eigenvalue weighted by Gasteiger charge is 2.15. The van der Waals surface area contributed by atoms with Crippen LogP contribution in [0.2, 0.25) is 0 Å². The number of aromatic hydroxyl groups is 1. The number of carbonyl (C=O) groups is 1. The van der Waals surface area contributed by atoms with Gasteiger partial charge in [0, 0.05) is 17.5 Å². The van der Waals surface area contributed by atoms with Gasteiger partial charge in [0.25, 0.3) is 5.91 Å². The summed E-state index contributed by atoms with van der Waals surface area (Å²) in [6.45, 7) is 4.45. The molecule has 0 radical (unpaired) electrons. The van der Waals surface area contributed by atoms with Gasteiger partial charge in [0.15, 0.2) is 5.69 Å². The SMILES string of the molecule is CCn1c(O)c(N=NC(=O)c2cccc(C)c2)c2ccccc21. The van der Waals surface area contributed by atoms with Gasteiger partial charge < -0.3 is 9.67 Å². The summed E-state index contributed by atoms with van der Waals surface area (Å²) in [5.74, 6) is -0.407. The maximum Gasteiger partial charge on any atom is 0.295 e. The third-order valence-corrected chi connectivity index (χ3v) is 3.74. The molecule has 0 aliphatic rings. The average molecular weight is 307 g/mol. The van der Waals surface area contributed by atoms with Gasteiger partial charge in [-0.2, -0.15) is 0 Å². The lowest BCUT2D eigenvalue weighted by molar-refractivity contribution is 0.0995. The van der Waals surface area contributed by atoms with E-state index in [-0.39, 0.29) is 5.88 Å². The van der Waals surface area contributed by atoms with E-state index in [0.717, 1.165) is 16.5 Å². The van der Waals surface area contributed by atoms with Crippen molar-refractivity contribution < 1.29 is 9.90 Å². The molecule has 5 nitrogen and oxygen atoms in total. The van der Waals surface area contributed by atoms with E-state index in [0.29, 0.717) is 17.8 Å². The molecule has 0 spiro atoms. The van der Waals surface area contributed by atoms with E-state index in [1.54, 1.807) is 22.8 Å². The van der Waals surface area contributed by atoms with Crippen LogP contribution in [0, 0.1) is 6.92 Å². The largest absolute Gasteiger partial charge is 0.493 e. The number of benzene rings is 2. The topological polar surface area (TPSA) is 66.9 Å². The van der Waals surface area contributed by atoms with E-state index in [2.05, 4.69) is 10.2 Å². The molecule has 116 valence electrons. The summed E-state index contributed by atoms with van der Waals surface area (Å²) in [6, 6.07) is 14.7. The number of aryl methyl sites for hydroxylation is 2. The van der Waals surface area contributed by atoms with Crippen molar-refractivity contribution in [3.05, 3.63) is 59.7 Å². The van der Waals surface area contributed by atoms with Crippen LogP contribution < -0.4 is 0 Å². The molecule has 0 aliphatic carbocycles. The summed E-state index contributed by atoms with van der Waals surface area (Å²) in [6.07, 6.45) is 0. The van der Waals surface area contributed by atoms with Crippen molar-refractivity contribution in [1.82, 2.24) is 4.57 Å². The molecule has 0 saturated heterocycles. The van der Waals surface area contributed by atoms with Gasteiger partial charge in [0.2, 0.25) is 5.88 Å². The third kappa shape index (κ3) is 2.73. The Morgan fingerprint density at radius 1 is 1.17 bits per heavy atom. The van der Waals surface area contributed by atoms with E-state index in [1.165, 1.54) is 0 Å². The van der Waals surface area contributed by atoms with Crippen LogP contribution >= 0.6 is 0 Å². The van der Waals surface area contributed by atoms with E-state index >= 15 is 0 Å². The molecule has 3 rings (SSSR count). The van der Waals surface area contributed by atoms with Crippen molar-refractivity contribution in [3.63, 3.8) is 0 Å². The minimum atomic E-state index is -0.429. The van der Waals surface area contributed by atoms with Crippen LogP contribution in [0.1, 0.15) is 22.8 Å². The Labute approximate surface area is 133 Å². The Balaban J connectivity index is 2.01. The monoisotopic (exact) mass is 307 g/mol. The molecule has 0 unspecified atom stereocenters. The molecule has 0 fully saturated rings. The lowest BCUT2D eigenvalue weighted by Crippen LogP contribution is -1.93. The number of fused-ring (bicyclic) bond motifs is 1. The summed E-state index contributed by atoms with van der Waals surface area (Å²) < 4.78 is 1.74. The number of hydrogen-bond acceptors (Lipinski definition) is 3. The van der Waals surface area contributed by atoms with Crippen LogP contribution in [-0.2, 0) is 6.54 Å². The zero-order valence-electron chi connectivity index (χ0n) is 13.0. The molecule has 3 aromatic rings. The highest BCUT2D eigenvalue weighted by atomic mass is 16.3. The normalized spacial score (nSPS) is 11.4. The first kappa shape index (κ1) is 15.0. The molecule has 5 heteroatoms. The molecule has 0 aliphatic heterocycles. The summed E-state index contributed by atoms with van der Waals surface area (Å²) in [4.78, 5) is 12.1. The van der Waals surface area contributed by atoms with E-state index in [9.17, 15) is 9.90 Å². The minimum Gasteiger partial charge on any atom is -0.493 e. The summed E-state index contributed by atoms with van der Waals surface area (Å²) in [5.41, 5.74) is 2.65. The predicted octanol–water partition coefficient (Wildman–Crippen LogP) is 4.60. The number of para-hydroxylation sites is 1. The fourth-order valence-electron chi connectivity index (χ4n) is 2.62. The Hall–Kier alpha value is -2.95. The average Bonchev–Trinajstić information content (AvgIpc) is 2.83. The Bertz CT molecular complexity index is 910. The third-order valence-electron chi connectivity index (χ3n) is 3.74. The summed E-state index contributed by atoms with van der Waals surface area (Å²) in [5, 5.41) is 18.9. The van der Waals surface area contributed by atoms with Gasteiger partial charge in [0.05, 0.1) is 5.52 Å². The van der Waals surface area contributed by atoms with Crippen molar-refractivity contribution >= 4 is 22.5 Å². The number of rotatable bonds is 3. The van der Waals surface area contributed by atoms with E-state index in [4.69, 9.17) is 0 Å². The predicted molar refractivity (Wildman–Crippen MR) is 89.3 cm³/mol. The number of hydrogen-bond donors (Lipinski definition) is 1. The number of aromatic nitrogens is 1. The van der Waals surface area contributed by atoms with Gasteiger partial charge in [-0.3, -0.25) is 4.79 Å². The molecular weight excluding hydrogens is 290 g/mol. The standard InChI is InChI=1S/C18H17N3O2/c1-3-21-15-10-5-4-9-14(15)16(18(21)23)19-20-17(22)13-8-6-7-12(2)11-13/h4-11,23H,3H2,1-2H3. The fraction of sp³-hybridized carbons (Fsp3) is 0.167. The van der Waals surface area contributed by atoms with Crippen molar-refractivity contribution in [2.24, 2.45) is 10.2 Å². The number of azo groups is 1. The van der Waals surface area contributed by atoms with Gasteiger partial charge in [-0.25, -0.2) is 0 Å². The van der Waals surface area contributed by atoms with Gasteiger partial charge in [0.1, 0.15) is 0 Å². The first-order valence-electron chi connectivity index (χ1n) is 7.44. The van der Waals surface area contributed by atoms with Gasteiger partial charge in [-0.15, -0.1) is 10.2 Å². The molecule has 1 aromatic heterocycles. The number of carbonyl (C=O) groups excluding carboxylic acids is 1. The molecule has 1 amide bonds. The molecular formula is C18H17N3O2. The zero-order chi connectivity index (χ0) is 16.4. The maximum absolute atomic E-state index is 12.1. The summed E-state index contributed by atoms with van der Waals surface area (Å²) in [7, 11) is 0. The lowest BCUT2D eigenvalue weighted by atomic mass is 10.1. The van der Waals surface area contributed by atoms with Crippen LogP contribution in [0.25, 0.3) is 10.9 Å². The van der Waals surface area contributed by atoms with Crippen LogP contribution in [0.5, 0.6) is 5.88 Å². The quantitative estimate of drug-likeness (QED) is 0.718. The maximum atomic E-state index is 12.1. The number of nitrogens with zero attached hydrogens (tertiary/aromatic N) is 3. The van der Waals surface area contributed by atoms with E-state index < -0.39 is 5.91 Å². The van der Waals surface area contributed by atoms with Gasteiger partial charge >= 0.3 is 0 Å².